The molecule has 0 amide bonds. The predicted octanol–water partition coefficient (Wildman–Crippen LogP) is 2.71. The number of hydrogen-bond acceptors (Lipinski definition) is 3. The maximum Gasteiger partial charge on any atom is 0.133 e. The lowest BCUT2D eigenvalue weighted by atomic mass is 10.3. The summed E-state index contributed by atoms with van der Waals surface area (Å²) in [6.07, 6.45) is 1.26. The fourth-order valence-electron chi connectivity index (χ4n) is 0.967. The minimum Gasteiger partial charge on any atom is -0.492 e. The number of nitrogens with zero attached hydrogens (tertiary/aromatic N) is 1. The summed E-state index contributed by atoms with van der Waals surface area (Å²) in [6, 6.07) is 7.45. The van der Waals surface area contributed by atoms with Crippen LogP contribution in [-0.4, -0.2) is 6.61 Å². The smallest absolute Gasteiger partial charge is 0.133 e. The number of benzene rings is 1. The highest BCUT2D eigenvalue weighted by Crippen LogP contribution is 2.26. The molecule has 14 heavy (non-hydrogen) atoms. The van der Waals surface area contributed by atoms with Gasteiger partial charge in [-0.3, -0.25) is 0 Å². The number of unbranched alkanes of at least 4 members (excludes halogenated alkanes) is 1. The van der Waals surface area contributed by atoms with Gasteiger partial charge in [0.2, 0.25) is 0 Å². The van der Waals surface area contributed by atoms with Crippen LogP contribution in [0.2, 0.25) is 0 Å². The lowest BCUT2D eigenvalue weighted by molar-refractivity contribution is 0.311. The van der Waals surface area contributed by atoms with Crippen LogP contribution in [0.1, 0.15) is 12.8 Å². The van der Waals surface area contributed by atoms with Crippen LogP contribution < -0.4 is 10.5 Å². The summed E-state index contributed by atoms with van der Waals surface area (Å²) >= 11 is 3.35. The fraction of sp³-hybridized carbons (Fsp3) is 0.300. The van der Waals surface area contributed by atoms with Gasteiger partial charge in [0.15, 0.2) is 0 Å². The van der Waals surface area contributed by atoms with Crippen molar-refractivity contribution < 1.29 is 4.74 Å². The molecule has 0 saturated heterocycles. The molecular weight excluding hydrogens is 244 g/mol. The van der Waals surface area contributed by atoms with Crippen LogP contribution in [0.3, 0.4) is 0 Å². The monoisotopic (exact) mass is 254 g/mol. The first-order chi connectivity index (χ1) is 6.74. The van der Waals surface area contributed by atoms with E-state index in [1.807, 2.05) is 6.07 Å². The lowest BCUT2D eigenvalue weighted by Gasteiger charge is -2.07. The van der Waals surface area contributed by atoms with Crippen molar-refractivity contribution in [3.63, 3.8) is 0 Å². The number of rotatable bonds is 4. The molecule has 0 fully saturated rings. The normalized spacial score (nSPS) is 9.43. The summed E-state index contributed by atoms with van der Waals surface area (Å²) in [5, 5.41) is 8.32. The molecule has 0 bridgehead atoms. The van der Waals surface area contributed by atoms with Gasteiger partial charge in [0.25, 0.3) is 0 Å². The largest absolute Gasteiger partial charge is 0.492 e. The van der Waals surface area contributed by atoms with Crippen LogP contribution in [0.5, 0.6) is 5.75 Å². The third-order valence-electron chi connectivity index (χ3n) is 1.65. The molecule has 0 heterocycles. The molecule has 0 radical (unpaired) electrons. The number of nitrogen functional groups attached to an aromatic ring is 1. The van der Waals surface area contributed by atoms with Crippen LogP contribution in [0.25, 0.3) is 0 Å². The molecule has 0 saturated carbocycles. The first-order valence-electron chi connectivity index (χ1n) is 4.29. The highest BCUT2D eigenvalue weighted by atomic mass is 79.9. The highest BCUT2D eigenvalue weighted by molar-refractivity contribution is 9.10. The summed E-state index contributed by atoms with van der Waals surface area (Å²) in [5.74, 6) is 0.761. The van der Waals surface area contributed by atoms with Crippen molar-refractivity contribution in [2.45, 2.75) is 12.8 Å². The van der Waals surface area contributed by atoms with E-state index in [0.717, 1.165) is 16.6 Å². The summed E-state index contributed by atoms with van der Waals surface area (Å²) in [4.78, 5) is 0. The Hall–Kier alpha value is -1.21. The van der Waals surface area contributed by atoms with Gasteiger partial charge in [-0.05, 0) is 40.5 Å². The van der Waals surface area contributed by atoms with Crippen molar-refractivity contribution >= 4 is 21.6 Å². The highest BCUT2D eigenvalue weighted by Gasteiger charge is 2.00. The Balaban J connectivity index is 2.47. The number of anilines is 1. The van der Waals surface area contributed by atoms with E-state index in [1.54, 1.807) is 12.1 Å². The Morgan fingerprint density at radius 2 is 2.29 bits per heavy atom. The van der Waals surface area contributed by atoms with E-state index in [1.165, 1.54) is 0 Å². The number of hydrogen-bond donors (Lipinski definition) is 1. The molecule has 0 unspecified atom stereocenters. The van der Waals surface area contributed by atoms with Crippen molar-refractivity contribution in [1.29, 1.82) is 5.26 Å². The van der Waals surface area contributed by atoms with Gasteiger partial charge >= 0.3 is 0 Å². The molecule has 0 spiro atoms. The van der Waals surface area contributed by atoms with E-state index in [4.69, 9.17) is 15.7 Å². The maximum absolute atomic E-state index is 8.32. The second-order valence-electron chi connectivity index (χ2n) is 2.80. The topological polar surface area (TPSA) is 59.0 Å². The zero-order valence-corrected chi connectivity index (χ0v) is 9.25. The third-order valence-corrected chi connectivity index (χ3v) is 2.27. The molecule has 1 aromatic rings. The number of nitrogens with two attached hydrogens (primary N) is 1. The second-order valence-corrected chi connectivity index (χ2v) is 3.65. The fourth-order valence-corrected chi connectivity index (χ4v) is 1.48. The van der Waals surface area contributed by atoms with Gasteiger partial charge in [-0.15, -0.1) is 0 Å². The molecule has 3 nitrogen and oxygen atoms in total. The molecule has 74 valence electrons. The van der Waals surface area contributed by atoms with Crippen molar-refractivity contribution in [3.05, 3.63) is 22.7 Å². The molecule has 2 N–H and O–H groups in total. The standard InChI is InChI=1S/C10H11BrN2O/c11-9-7-8(13)3-4-10(9)14-6-2-1-5-12/h3-4,7H,1-2,6,13H2. The Bertz CT molecular complexity index is 346. The first-order valence-corrected chi connectivity index (χ1v) is 5.08. The minimum absolute atomic E-state index is 0.520. The molecule has 0 aromatic heterocycles. The molecule has 0 atom stereocenters. The Kier molecular flexibility index (Phi) is 4.27. The zero-order valence-electron chi connectivity index (χ0n) is 7.66. The van der Waals surface area contributed by atoms with Crippen molar-refractivity contribution in [2.75, 3.05) is 12.3 Å². The van der Waals surface area contributed by atoms with Gasteiger partial charge in [0, 0.05) is 12.1 Å². The van der Waals surface area contributed by atoms with E-state index >= 15 is 0 Å². The summed E-state index contributed by atoms with van der Waals surface area (Å²) in [7, 11) is 0. The molecule has 0 aliphatic heterocycles. The van der Waals surface area contributed by atoms with Crippen molar-refractivity contribution in [1.82, 2.24) is 0 Å². The van der Waals surface area contributed by atoms with E-state index in [9.17, 15) is 0 Å². The van der Waals surface area contributed by atoms with Crippen molar-refractivity contribution in [2.24, 2.45) is 0 Å². The zero-order chi connectivity index (χ0) is 10.4. The van der Waals surface area contributed by atoms with Gasteiger partial charge < -0.3 is 10.5 Å². The average molecular weight is 255 g/mol. The molecule has 0 aliphatic carbocycles. The SMILES string of the molecule is N#CCCCOc1ccc(N)cc1Br. The van der Waals surface area contributed by atoms with E-state index in [-0.39, 0.29) is 0 Å². The van der Waals surface area contributed by atoms with Crippen LogP contribution in [0, 0.1) is 11.3 Å². The Labute approximate surface area is 91.6 Å². The first kappa shape index (κ1) is 10.9. The molecular formula is C10H11BrN2O. The predicted molar refractivity (Wildman–Crippen MR) is 58.9 cm³/mol. The maximum atomic E-state index is 8.32. The van der Waals surface area contributed by atoms with Crippen molar-refractivity contribution in [3.8, 4) is 11.8 Å². The Morgan fingerprint density at radius 1 is 1.50 bits per heavy atom. The molecule has 4 heteroatoms. The summed E-state index contributed by atoms with van der Waals surface area (Å²) < 4.78 is 6.28. The molecule has 1 rings (SSSR count). The summed E-state index contributed by atoms with van der Waals surface area (Å²) in [6.45, 7) is 0.552. The van der Waals surface area contributed by atoms with E-state index in [2.05, 4.69) is 22.0 Å². The van der Waals surface area contributed by atoms with Gasteiger partial charge in [-0.1, -0.05) is 0 Å². The van der Waals surface area contributed by atoms with E-state index in [0.29, 0.717) is 18.7 Å². The Morgan fingerprint density at radius 3 is 2.93 bits per heavy atom. The van der Waals surface area contributed by atoms with Gasteiger partial charge in [0.1, 0.15) is 5.75 Å². The summed E-state index contributed by atoms with van der Waals surface area (Å²) in [5.41, 5.74) is 6.27. The number of ether oxygens (including phenoxy) is 1. The quantitative estimate of drug-likeness (QED) is 0.664. The minimum atomic E-state index is 0.520. The van der Waals surface area contributed by atoms with Crippen LogP contribution in [0.4, 0.5) is 5.69 Å². The molecule has 0 aliphatic rings. The van der Waals surface area contributed by atoms with Crippen LogP contribution in [-0.2, 0) is 0 Å². The third kappa shape index (κ3) is 3.27. The average Bonchev–Trinajstić information content (AvgIpc) is 2.15. The van der Waals surface area contributed by atoms with E-state index < -0.39 is 0 Å². The lowest BCUT2D eigenvalue weighted by Crippen LogP contribution is -1.97. The molecule has 1 aromatic carbocycles. The van der Waals surface area contributed by atoms with Gasteiger partial charge in [-0.25, -0.2) is 0 Å². The number of halogens is 1. The van der Waals surface area contributed by atoms with Crippen LogP contribution >= 0.6 is 15.9 Å². The number of nitriles is 1. The second kappa shape index (κ2) is 5.51. The van der Waals surface area contributed by atoms with Gasteiger partial charge in [-0.2, -0.15) is 5.26 Å². The van der Waals surface area contributed by atoms with Crippen LogP contribution in [0.15, 0.2) is 22.7 Å². The van der Waals surface area contributed by atoms with Gasteiger partial charge in [0.05, 0.1) is 17.1 Å².